The van der Waals surface area contributed by atoms with Crippen molar-refractivity contribution < 1.29 is 19.4 Å². The quantitative estimate of drug-likeness (QED) is 0.129. The topological polar surface area (TPSA) is 113 Å². The smallest absolute Gasteiger partial charge is 0.338 e. The number of benzene rings is 1. The summed E-state index contributed by atoms with van der Waals surface area (Å²) >= 11 is 0. The zero-order valence-corrected chi connectivity index (χ0v) is 26.4. The summed E-state index contributed by atoms with van der Waals surface area (Å²) in [5, 5.41) is 22.6. The maximum absolute atomic E-state index is 13.0. The highest BCUT2D eigenvalue weighted by atomic mass is 16.6. The molecule has 8 atom stereocenters. The molecule has 3 saturated carbocycles. The number of allylic oxidation sites excluding steroid dienone is 5. The molecule has 1 aromatic carbocycles. The zero-order chi connectivity index (χ0) is 31.3. The standard InChI is InChI=1S/C35H46N2O6/c1-21(2)22(3)7-8-23(4)30-11-12-31-29-10-9-25-19-28(13-15-34(25,5)32(29)14-16-35(30,31)6)43-33(38)24-17-26(36(39)40)20-27(18-24)37(41)42/h7-10,17-18,20-23,28,30-32H,11-16,19H2,1-6H3. The second kappa shape index (κ2) is 11.7. The largest absolute Gasteiger partial charge is 0.458 e. The Hall–Kier alpha value is -3.29. The van der Waals surface area contributed by atoms with Crippen molar-refractivity contribution in [3.8, 4) is 0 Å². The number of ether oxygens (including phenoxy) is 1. The highest BCUT2D eigenvalue weighted by molar-refractivity contribution is 5.91. The summed E-state index contributed by atoms with van der Waals surface area (Å²) in [6.45, 7) is 14.2. The van der Waals surface area contributed by atoms with Gasteiger partial charge < -0.3 is 4.74 Å². The number of hydrogen-bond acceptors (Lipinski definition) is 6. The van der Waals surface area contributed by atoms with Crippen LogP contribution in [0.3, 0.4) is 0 Å². The predicted molar refractivity (Wildman–Crippen MR) is 166 cm³/mol. The average molecular weight is 591 g/mol. The summed E-state index contributed by atoms with van der Waals surface area (Å²) < 4.78 is 5.80. The number of hydrogen-bond donors (Lipinski definition) is 0. The highest BCUT2D eigenvalue weighted by Gasteiger charge is 2.57. The van der Waals surface area contributed by atoms with Gasteiger partial charge in [-0.15, -0.1) is 0 Å². The average Bonchev–Trinajstić information content (AvgIpc) is 3.32. The van der Waals surface area contributed by atoms with Gasteiger partial charge in [-0.1, -0.05) is 77.0 Å². The number of nitrogens with zero attached hydrogens (tertiary/aromatic N) is 2. The molecule has 1 aromatic rings. The SMILES string of the molecule is CC(C)C(C)C=CC(C)C1CCC2C3=CC=C4CC(OC(=O)c5cc([N+](=O)[O-])cc([N+](=O)[O-])c5)CCC4(C)C3CCC21C. The van der Waals surface area contributed by atoms with Crippen LogP contribution in [0.4, 0.5) is 11.4 Å². The fourth-order valence-corrected chi connectivity index (χ4v) is 8.82. The first-order valence-corrected chi connectivity index (χ1v) is 16.0. The summed E-state index contributed by atoms with van der Waals surface area (Å²) in [5.74, 6) is 2.83. The monoisotopic (exact) mass is 590 g/mol. The number of fused-ring (bicyclic) bond motifs is 5. The van der Waals surface area contributed by atoms with E-state index in [1.54, 1.807) is 5.57 Å². The van der Waals surface area contributed by atoms with Gasteiger partial charge in [0, 0.05) is 18.6 Å². The van der Waals surface area contributed by atoms with E-state index in [1.165, 1.54) is 31.3 Å². The third-order valence-corrected chi connectivity index (χ3v) is 11.8. The number of nitro groups is 2. The molecule has 0 radical (unpaired) electrons. The van der Waals surface area contributed by atoms with Crippen molar-refractivity contribution in [3.63, 3.8) is 0 Å². The van der Waals surface area contributed by atoms with Gasteiger partial charge in [-0.2, -0.15) is 0 Å². The van der Waals surface area contributed by atoms with Gasteiger partial charge in [0.1, 0.15) is 6.10 Å². The van der Waals surface area contributed by atoms with E-state index in [0.717, 1.165) is 24.6 Å². The molecule has 232 valence electrons. The molecule has 0 spiro atoms. The fourth-order valence-electron chi connectivity index (χ4n) is 8.82. The summed E-state index contributed by atoms with van der Waals surface area (Å²) in [7, 11) is 0. The number of carbonyl (C=O) groups is 1. The second-order valence-electron chi connectivity index (χ2n) is 14.5. The Labute approximate surface area is 255 Å². The number of carbonyl (C=O) groups excluding carboxylic acids is 1. The molecule has 0 saturated heterocycles. The van der Waals surface area contributed by atoms with Crippen LogP contribution in [0.1, 0.15) is 96.8 Å². The Morgan fingerprint density at radius 1 is 0.907 bits per heavy atom. The third-order valence-electron chi connectivity index (χ3n) is 11.8. The summed E-state index contributed by atoms with van der Waals surface area (Å²) in [4.78, 5) is 34.1. The first-order valence-electron chi connectivity index (χ1n) is 16.0. The number of non-ortho nitro benzene ring substituents is 2. The highest BCUT2D eigenvalue weighted by Crippen LogP contribution is 2.66. The lowest BCUT2D eigenvalue weighted by Gasteiger charge is -2.55. The van der Waals surface area contributed by atoms with Crippen LogP contribution >= 0.6 is 0 Å². The van der Waals surface area contributed by atoms with Crippen LogP contribution in [0.2, 0.25) is 0 Å². The van der Waals surface area contributed by atoms with E-state index in [-0.39, 0.29) is 17.1 Å². The molecule has 0 aromatic heterocycles. The number of nitro benzene ring substituents is 2. The van der Waals surface area contributed by atoms with Gasteiger partial charge in [0.25, 0.3) is 11.4 Å². The molecule has 0 amide bonds. The first kappa shape index (κ1) is 31.1. The van der Waals surface area contributed by atoms with E-state index in [2.05, 4.69) is 65.8 Å². The molecule has 0 heterocycles. The van der Waals surface area contributed by atoms with Gasteiger partial charge in [-0.25, -0.2) is 4.79 Å². The van der Waals surface area contributed by atoms with Gasteiger partial charge in [0.05, 0.1) is 21.5 Å². The van der Waals surface area contributed by atoms with Gasteiger partial charge in [-0.05, 0) is 84.9 Å². The van der Waals surface area contributed by atoms with Gasteiger partial charge >= 0.3 is 5.97 Å². The maximum atomic E-state index is 13.0. The maximum Gasteiger partial charge on any atom is 0.338 e. The lowest BCUT2D eigenvalue weighted by Crippen LogP contribution is -2.46. The van der Waals surface area contributed by atoms with Crippen LogP contribution < -0.4 is 0 Å². The molecule has 3 fully saturated rings. The minimum absolute atomic E-state index is 0.0228. The number of rotatable bonds is 8. The molecule has 8 unspecified atom stereocenters. The number of esters is 1. The van der Waals surface area contributed by atoms with E-state index < -0.39 is 27.2 Å². The summed E-state index contributed by atoms with van der Waals surface area (Å²) in [6.07, 6.45) is 16.3. The van der Waals surface area contributed by atoms with E-state index in [0.29, 0.717) is 53.8 Å². The fraction of sp³-hybridized carbons (Fsp3) is 0.629. The molecule has 4 aliphatic carbocycles. The molecule has 0 N–H and O–H groups in total. The normalized spacial score (nSPS) is 33.1. The van der Waals surface area contributed by atoms with Crippen LogP contribution in [0.25, 0.3) is 0 Å². The molecule has 0 aliphatic heterocycles. The molecular formula is C35H46N2O6. The lowest BCUT2D eigenvalue weighted by molar-refractivity contribution is -0.394. The Kier molecular flexibility index (Phi) is 8.45. The van der Waals surface area contributed by atoms with E-state index in [1.807, 2.05) is 0 Å². The van der Waals surface area contributed by atoms with E-state index in [9.17, 15) is 25.0 Å². The van der Waals surface area contributed by atoms with Gasteiger partial charge in [0.15, 0.2) is 0 Å². The Morgan fingerprint density at radius 2 is 1.58 bits per heavy atom. The molecule has 8 nitrogen and oxygen atoms in total. The third kappa shape index (κ3) is 5.69. The molecule has 4 aliphatic rings. The molecule has 8 heteroatoms. The van der Waals surface area contributed by atoms with Crippen LogP contribution in [0, 0.1) is 66.6 Å². The van der Waals surface area contributed by atoms with Crippen molar-refractivity contribution in [2.45, 2.75) is 92.6 Å². The summed E-state index contributed by atoms with van der Waals surface area (Å²) in [6, 6.07) is 2.95. The van der Waals surface area contributed by atoms with E-state index in [4.69, 9.17) is 4.74 Å². The Balaban J connectivity index is 1.31. The Bertz CT molecular complexity index is 1360. The zero-order valence-electron chi connectivity index (χ0n) is 26.4. The van der Waals surface area contributed by atoms with E-state index >= 15 is 0 Å². The van der Waals surface area contributed by atoms with Gasteiger partial charge in [-0.3, -0.25) is 20.2 Å². The van der Waals surface area contributed by atoms with Crippen LogP contribution in [0.15, 0.2) is 53.6 Å². The van der Waals surface area contributed by atoms with Crippen LogP contribution in [-0.2, 0) is 4.74 Å². The predicted octanol–water partition coefficient (Wildman–Crippen LogP) is 9.01. The molecule has 5 rings (SSSR count). The van der Waals surface area contributed by atoms with Crippen molar-refractivity contribution in [2.75, 3.05) is 0 Å². The minimum Gasteiger partial charge on any atom is -0.458 e. The van der Waals surface area contributed by atoms with Crippen LogP contribution in [0.5, 0.6) is 0 Å². The summed E-state index contributed by atoms with van der Waals surface area (Å²) in [5.41, 5.74) is 2.08. The molecule has 43 heavy (non-hydrogen) atoms. The van der Waals surface area contributed by atoms with Crippen molar-refractivity contribution in [3.05, 3.63) is 79.4 Å². The first-order chi connectivity index (χ1) is 20.2. The minimum atomic E-state index is -0.760. The van der Waals surface area contributed by atoms with Gasteiger partial charge in [0.2, 0.25) is 0 Å². The molecular weight excluding hydrogens is 544 g/mol. The second-order valence-corrected chi connectivity index (χ2v) is 14.5. The van der Waals surface area contributed by atoms with Crippen molar-refractivity contribution in [1.29, 1.82) is 0 Å². The van der Waals surface area contributed by atoms with Crippen molar-refractivity contribution in [1.82, 2.24) is 0 Å². The molecule has 0 bridgehead atoms. The van der Waals surface area contributed by atoms with Crippen LogP contribution in [-0.4, -0.2) is 21.9 Å². The van der Waals surface area contributed by atoms with Crippen molar-refractivity contribution >= 4 is 17.3 Å². The van der Waals surface area contributed by atoms with Crippen molar-refractivity contribution in [2.24, 2.45) is 46.3 Å². The lowest BCUT2D eigenvalue weighted by atomic mass is 9.50. The Morgan fingerprint density at radius 3 is 2.21 bits per heavy atom.